The highest BCUT2D eigenvalue weighted by Gasteiger charge is 2.39. The van der Waals surface area contributed by atoms with E-state index in [1.807, 2.05) is 0 Å². The molecule has 31 heavy (non-hydrogen) atoms. The first kappa shape index (κ1) is 22.7. The molecule has 168 valence electrons. The summed E-state index contributed by atoms with van der Waals surface area (Å²) in [5.74, 6) is -0.624. The number of nitrogens with zero attached hydrogens (tertiary/aromatic N) is 3. The first-order valence-corrected chi connectivity index (χ1v) is 9.18. The van der Waals surface area contributed by atoms with Crippen molar-refractivity contribution >= 4 is 12.0 Å². The number of rotatable bonds is 6. The van der Waals surface area contributed by atoms with E-state index in [-0.39, 0.29) is 28.9 Å². The first-order chi connectivity index (χ1) is 14.3. The van der Waals surface area contributed by atoms with Crippen LogP contribution in [0.5, 0.6) is 5.75 Å². The van der Waals surface area contributed by atoms with Gasteiger partial charge in [0.1, 0.15) is 11.4 Å². The van der Waals surface area contributed by atoms with Crippen LogP contribution in [-0.4, -0.2) is 38.5 Å². The van der Waals surface area contributed by atoms with Crippen molar-refractivity contribution in [2.24, 2.45) is 5.73 Å². The maximum atomic E-state index is 13.0. The maximum absolute atomic E-state index is 13.0. The number of ether oxygens (including phenoxy) is 1. The number of anilines is 1. The predicted molar refractivity (Wildman–Crippen MR) is 102 cm³/mol. The molecule has 2 aromatic rings. The molecule has 4 N–H and O–H groups in total. The number of allylic oxidation sites excluding steroid dienone is 1. The lowest BCUT2D eigenvalue weighted by molar-refractivity contribution is -0.138. The molecule has 0 amide bonds. The molecule has 0 saturated heterocycles. The van der Waals surface area contributed by atoms with Crippen molar-refractivity contribution in [1.29, 1.82) is 0 Å². The van der Waals surface area contributed by atoms with Crippen LogP contribution in [0.2, 0.25) is 0 Å². The number of hydrogen-bond acceptors (Lipinski definition) is 7. The van der Waals surface area contributed by atoms with E-state index in [0.717, 1.165) is 12.1 Å². The van der Waals surface area contributed by atoms with Crippen molar-refractivity contribution < 1.29 is 31.8 Å². The van der Waals surface area contributed by atoms with Gasteiger partial charge in [-0.1, -0.05) is 0 Å². The molecule has 0 atom stereocenters. The molecule has 7 nitrogen and oxygen atoms in total. The number of halogens is 5. The van der Waals surface area contributed by atoms with Crippen LogP contribution in [0.3, 0.4) is 0 Å². The summed E-state index contributed by atoms with van der Waals surface area (Å²) >= 11 is 0. The Hall–Kier alpha value is -3.02. The second-order valence-electron chi connectivity index (χ2n) is 7.59. The second kappa shape index (κ2) is 8.25. The van der Waals surface area contributed by atoms with Crippen molar-refractivity contribution in [2.75, 3.05) is 5.32 Å². The Morgan fingerprint density at radius 3 is 2.55 bits per heavy atom. The van der Waals surface area contributed by atoms with Crippen molar-refractivity contribution in [2.45, 2.75) is 51.1 Å². The lowest BCUT2D eigenvalue weighted by Gasteiger charge is -2.41. The lowest BCUT2D eigenvalue weighted by atomic mass is 9.77. The van der Waals surface area contributed by atoms with Crippen LogP contribution in [0.4, 0.5) is 27.9 Å². The zero-order valence-electron chi connectivity index (χ0n) is 16.5. The average molecular weight is 445 g/mol. The topological polar surface area (TPSA) is 106 Å². The SMILES string of the molecule is CC(N)=Cc1nc(NC2CC(C)(O)C2)nnc1-c1ccc(C(F)(F)F)cc1OC(F)F. The molecule has 1 aliphatic rings. The fourth-order valence-corrected chi connectivity index (χ4v) is 3.28. The van der Waals surface area contributed by atoms with Crippen LogP contribution >= 0.6 is 0 Å². The largest absolute Gasteiger partial charge is 0.434 e. The number of alkyl halides is 5. The number of aliphatic hydroxyl groups is 1. The van der Waals surface area contributed by atoms with E-state index in [0.29, 0.717) is 24.6 Å². The quantitative estimate of drug-likeness (QED) is 0.581. The van der Waals surface area contributed by atoms with Gasteiger partial charge in [0.25, 0.3) is 0 Å². The van der Waals surface area contributed by atoms with Gasteiger partial charge in [-0.15, -0.1) is 10.2 Å². The van der Waals surface area contributed by atoms with E-state index in [9.17, 15) is 27.1 Å². The van der Waals surface area contributed by atoms with E-state index >= 15 is 0 Å². The summed E-state index contributed by atoms with van der Waals surface area (Å²) in [7, 11) is 0. The molecule has 3 rings (SSSR count). The number of nitrogens with one attached hydrogen (secondary N) is 1. The molecule has 1 fully saturated rings. The summed E-state index contributed by atoms with van der Waals surface area (Å²) in [5, 5.41) is 20.7. The summed E-state index contributed by atoms with van der Waals surface area (Å²) in [6.45, 7) is -0.120. The van der Waals surface area contributed by atoms with Gasteiger partial charge < -0.3 is 20.9 Å². The number of benzene rings is 1. The molecule has 1 saturated carbocycles. The summed E-state index contributed by atoms with van der Waals surface area (Å²) in [5.41, 5.74) is 3.93. The highest BCUT2D eigenvalue weighted by molar-refractivity contribution is 5.75. The molecule has 1 aromatic carbocycles. The molecular formula is C19H20F5N5O2. The van der Waals surface area contributed by atoms with Gasteiger partial charge in [-0.25, -0.2) is 4.98 Å². The molecule has 0 unspecified atom stereocenters. The minimum absolute atomic E-state index is 0.0830. The molecule has 0 radical (unpaired) electrons. The Morgan fingerprint density at radius 2 is 2.00 bits per heavy atom. The van der Waals surface area contributed by atoms with Gasteiger partial charge in [-0.2, -0.15) is 22.0 Å². The van der Waals surface area contributed by atoms with Crippen molar-refractivity contribution in [3.8, 4) is 17.0 Å². The molecule has 0 bridgehead atoms. The first-order valence-electron chi connectivity index (χ1n) is 9.18. The highest BCUT2D eigenvalue weighted by atomic mass is 19.4. The summed E-state index contributed by atoms with van der Waals surface area (Å²) in [6.07, 6.45) is -2.44. The van der Waals surface area contributed by atoms with Crippen molar-refractivity contribution in [3.05, 3.63) is 35.2 Å². The van der Waals surface area contributed by atoms with E-state index in [1.165, 1.54) is 6.08 Å². The number of nitrogens with two attached hydrogens (primary N) is 1. The van der Waals surface area contributed by atoms with Crippen molar-refractivity contribution in [3.63, 3.8) is 0 Å². The zero-order valence-corrected chi connectivity index (χ0v) is 16.5. The third-order valence-electron chi connectivity index (χ3n) is 4.56. The van der Waals surface area contributed by atoms with E-state index in [1.54, 1.807) is 13.8 Å². The van der Waals surface area contributed by atoms with Gasteiger partial charge in [0.15, 0.2) is 0 Å². The van der Waals surface area contributed by atoms with E-state index < -0.39 is 29.7 Å². The Balaban J connectivity index is 2.03. The Labute approximate surface area is 174 Å². The van der Waals surface area contributed by atoms with Crippen LogP contribution in [0.25, 0.3) is 17.3 Å². The second-order valence-corrected chi connectivity index (χ2v) is 7.59. The maximum Gasteiger partial charge on any atom is 0.416 e. The van der Waals surface area contributed by atoms with Crippen LogP contribution in [0, 0.1) is 0 Å². The third-order valence-corrected chi connectivity index (χ3v) is 4.56. The molecule has 0 aliphatic heterocycles. The standard InChI is InChI=1S/C19H20F5N5O2/c1-9(25)5-13-15(28-29-17(27-13)26-11-7-18(2,30)8-11)12-4-3-10(19(22,23)24)6-14(12)31-16(20)21/h3-6,11,16,30H,7-8,25H2,1-2H3,(H,26,27,29). The third kappa shape index (κ3) is 5.57. The zero-order chi connectivity index (χ0) is 23.0. The Bertz CT molecular complexity index is 982. The van der Waals surface area contributed by atoms with E-state index in [2.05, 4.69) is 25.2 Å². The van der Waals surface area contributed by atoms with Crippen molar-refractivity contribution in [1.82, 2.24) is 15.2 Å². The van der Waals surface area contributed by atoms with Crippen LogP contribution < -0.4 is 15.8 Å². The molecule has 1 aromatic heterocycles. The van der Waals surface area contributed by atoms with Crippen LogP contribution in [0.15, 0.2) is 23.9 Å². The minimum Gasteiger partial charge on any atom is -0.434 e. The number of hydrogen-bond donors (Lipinski definition) is 3. The van der Waals surface area contributed by atoms with Gasteiger partial charge >= 0.3 is 12.8 Å². The smallest absolute Gasteiger partial charge is 0.416 e. The van der Waals surface area contributed by atoms with Gasteiger partial charge in [0, 0.05) is 17.3 Å². The Kier molecular flexibility index (Phi) is 6.03. The van der Waals surface area contributed by atoms with Crippen LogP contribution in [-0.2, 0) is 6.18 Å². The predicted octanol–water partition coefficient (Wildman–Crippen LogP) is 3.80. The minimum atomic E-state index is -4.75. The van der Waals surface area contributed by atoms with Gasteiger partial charge in [0.2, 0.25) is 5.95 Å². The lowest BCUT2D eigenvalue weighted by Crippen LogP contribution is -2.48. The molecular weight excluding hydrogens is 425 g/mol. The van der Waals surface area contributed by atoms with Gasteiger partial charge in [0.05, 0.1) is 16.9 Å². The Morgan fingerprint density at radius 1 is 1.32 bits per heavy atom. The summed E-state index contributed by atoms with van der Waals surface area (Å²) < 4.78 is 69.1. The molecule has 0 spiro atoms. The number of aromatic nitrogens is 3. The van der Waals surface area contributed by atoms with Crippen LogP contribution in [0.1, 0.15) is 37.9 Å². The normalized spacial score (nSPS) is 21.7. The molecule has 1 heterocycles. The monoisotopic (exact) mass is 445 g/mol. The summed E-state index contributed by atoms with van der Waals surface area (Å²) in [6, 6.07) is 2.06. The summed E-state index contributed by atoms with van der Waals surface area (Å²) in [4.78, 5) is 4.26. The molecule has 12 heteroatoms. The van der Waals surface area contributed by atoms with E-state index in [4.69, 9.17) is 5.73 Å². The molecule has 1 aliphatic carbocycles. The fraction of sp³-hybridized carbons (Fsp3) is 0.421. The average Bonchev–Trinajstić information content (AvgIpc) is 2.59. The fourth-order valence-electron chi connectivity index (χ4n) is 3.28. The van der Waals surface area contributed by atoms with Gasteiger partial charge in [-0.3, -0.25) is 0 Å². The van der Waals surface area contributed by atoms with Gasteiger partial charge in [-0.05, 0) is 51.0 Å². The highest BCUT2D eigenvalue weighted by Crippen LogP contribution is 2.38.